The number of nitrogens with one attached hydrogen (secondary N) is 3. The highest BCUT2D eigenvalue weighted by Crippen LogP contribution is 2.12. The molecule has 2 heterocycles. The van der Waals surface area contributed by atoms with Gasteiger partial charge in [0.1, 0.15) is 5.60 Å². The van der Waals surface area contributed by atoms with Crippen LogP contribution in [-0.4, -0.2) is 50.9 Å². The van der Waals surface area contributed by atoms with E-state index in [2.05, 4.69) is 20.6 Å². The van der Waals surface area contributed by atoms with Gasteiger partial charge in [0.2, 0.25) is 5.91 Å². The van der Waals surface area contributed by atoms with Crippen LogP contribution in [0.4, 0.5) is 0 Å². The average Bonchev–Trinajstić information content (AvgIpc) is 2.83. The Labute approximate surface area is 105 Å². The number of carbonyl (C=O) groups is 1. The van der Waals surface area contributed by atoms with Gasteiger partial charge >= 0.3 is 0 Å². The van der Waals surface area contributed by atoms with Crippen molar-refractivity contribution in [2.75, 3.05) is 13.2 Å². The molecule has 0 spiro atoms. The fourth-order valence-corrected chi connectivity index (χ4v) is 1.81. The molecule has 1 aliphatic rings. The smallest absolute Gasteiger partial charge is 0.237 e. The maximum atomic E-state index is 11.9. The summed E-state index contributed by atoms with van der Waals surface area (Å²) >= 11 is 0. The van der Waals surface area contributed by atoms with E-state index in [0.717, 1.165) is 11.4 Å². The lowest BCUT2D eigenvalue weighted by Gasteiger charge is -2.25. The van der Waals surface area contributed by atoms with Crippen LogP contribution in [0, 0.1) is 0 Å². The molecular weight excluding hydrogens is 236 g/mol. The van der Waals surface area contributed by atoms with Crippen LogP contribution in [0.5, 0.6) is 0 Å². The SMILES string of the molecule is CC(O)(CO)CNC(=O)C1Cc2nc[nH]c2CN1. The Morgan fingerprint density at radius 3 is 3.22 bits per heavy atom. The van der Waals surface area contributed by atoms with Crippen LogP contribution in [0.3, 0.4) is 0 Å². The van der Waals surface area contributed by atoms with Crippen LogP contribution in [0.25, 0.3) is 0 Å². The van der Waals surface area contributed by atoms with E-state index >= 15 is 0 Å². The summed E-state index contributed by atoms with van der Waals surface area (Å²) in [5.74, 6) is -0.197. The highest BCUT2D eigenvalue weighted by molar-refractivity contribution is 5.82. The first-order chi connectivity index (χ1) is 8.52. The number of rotatable bonds is 4. The van der Waals surface area contributed by atoms with Crippen molar-refractivity contribution in [1.82, 2.24) is 20.6 Å². The van der Waals surface area contributed by atoms with Crippen LogP contribution in [0.2, 0.25) is 0 Å². The Morgan fingerprint density at radius 1 is 1.72 bits per heavy atom. The van der Waals surface area contributed by atoms with Crippen molar-refractivity contribution >= 4 is 5.91 Å². The number of aliphatic hydroxyl groups is 2. The summed E-state index contributed by atoms with van der Waals surface area (Å²) < 4.78 is 0. The molecule has 0 aromatic carbocycles. The average molecular weight is 254 g/mol. The zero-order chi connectivity index (χ0) is 13.2. The molecule has 0 saturated heterocycles. The summed E-state index contributed by atoms with van der Waals surface area (Å²) in [6.07, 6.45) is 2.13. The molecule has 0 fully saturated rings. The van der Waals surface area contributed by atoms with Crippen molar-refractivity contribution in [2.45, 2.75) is 31.5 Å². The summed E-state index contributed by atoms with van der Waals surface area (Å²) in [6, 6.07) is -0.352. The molecule has 7 heteroatoms. The van der Waals surface area contributed by atoms with Gasteiger partial charge in [0, 0.05) is 19.5 Å². The van der Waals surface area contributed by atoms with Crippen molar-refractivity contribution in [2.24, 2.45) is 0 Å². The molecule has 18 heavy (non-hydrogen) atoms. The Kier molecular flexibility index (Phi) is 3.65. The second-order valence-corrected chi connectivity index (χ2v) is 4.84. The molecule has 1 aliphatic heterocycles. The third-order valence-electron chi connectivity index (χ3n) is 3.03. The highest BCUT2D eigenvalue weighted by Gasteiger charge is 2.27. The Bertz CT molecular complexity index is 430. The number of aromatic nitrogens is 2. The van der Waals surface area contributed by atoms with Crippen LogP contribution >= 0.6 is 0 Å². The maximum Gasteiger partial charge on any atom is 0.237 e. The number of hydrogen-bond donors (Lipinski definition) is 5. The first-order valence-electron chi connectivity index (χ1n) is 5.87. The van der Waals surface area contributed by atoms with E-state index in [9.17, 15) is 9.90 Å². The summed E-state index contributed by atoms with van der Waals surface area (Å²) in [5, 5.41) is 24.2. The number of H-pyrrole nitrogens is 1. The van der Waals surface area contributed by atoms with Crippen molar-refractivity contribution in [3.05, 3.63) is 17.7 Å². The Hall–Kier alpha value is -1.44. The number of carbonyl (C=O) groups excluding carboxylic acids is 1. The van der Waals surface area contributed by atoms with Crippen molar-refractivity contribution < 1.29 is 15.0 Å². The van der Waals surface area contributed by atoms with Crippen molar-refractivity contribution in [1.29, 1.82) is 0 Å². The van der Waals surface area contributed by atoms with E-state index in [1.165, 1.54) is 6.92 Å². The lowest BCUT2D eigenvalue weighted by atomic mass is 10.0. The standard InChI is InChI=1S/C11H18N4O3/c1-11(18,5-16)4-13-10(17)8-2-7-9(3-12-8)15-6-14-7/h6,8,12,16,18H,2-5H2,1H3,(H,13,17)(H,14,15). The molecule has 2 unspecified atom stereocenters. The third kappa shape index (κ3) is 2.87. The quantitative estimate of drug-likeness (QED) is 0.439. The van der Waals surface area contributed by atoms with Gasteiger partial charge in [0.05, 0.1) is 30.4 Å². The highest BCUT2D eigenvalue weighted by atomic mass is 16.3. The summed E-state index contributed by atoms with van der Waals surface area (Å²) in [4.78, 5) is 19.0. The number of amides is 1. The summed E-state index contributed by atoms with van der Waals surface area (Å²) in [6.45, 7) is 1.67. The van der Waals surface area contributed by atoms with Gasteiger partial charge < -0.3 is 20.5 Å². The molecule has 0 saturated carbocycles. The maximum absolute atomic E-state index is 11.9. The fraction of sp³-hybridized carbons (Fsp3) is 0.636. The largest absolute Gasteiger partial charge is 0.393 e. The molecule has 5 N–H and O–H groups in total. The Morgan fingerprint density at radius 2 is 2.50 bits per heavy atom. The first kappa shape index (κ1) is 13.0. The number of aliphatic hydroxyl groups excluding tert-OH is 1. The second-order valence-electron chi connectivity index (χ2n) is 4.84. The predicted molar refractivity (Wildman–Crippen MR) is 63.6 cm³/mol. The van der Waals surface area contributed by atoms with E-state index in [0.29, 0.717) is 13.0 Å². The van der Waals surface area contributed by atoms with E-state index in [4.69, 9.17) is 5.11 Å². The fourth-order valence-electron chi connectivity index (χ4n) is 1.81. The zero-order valence-electron chi connectivity index (χ0n) is 10.2. The molecule has 2 rings (SSSR count). The molecule has 1 amide bonds. The van der Waals surface area contributed by atoms with Crippen molar-refractivity contribution in [3.8, 4) is 0 Å². The second kappa shape index (κ2) is 5.05. The van der Waals surface area contributed by atoms with E-state index in [1.807, 2.05) is 0 Å². The monoisotopic (exact) mass is 254 g/mol. The Balaban J connectivity index is 1.88. The van der Waals surface area contributed by atoms with E-state index < -0.39 is 12.2 Å². The number of nitrogens with zero attached hydrogens (tertiary/aromatic N) is 1. The van der Waals surface area contributed by atoms with E-state index in [1.54, 1.807) is 6.33 Å². The van der Waals surface area contributed by atoms with Gasteiger partial charge in [-0.2, -0.15) is 0 Å². The van der Waals surface area contributed by atoms with Crippen LogP contribution in [0.15, 0.2) is 6.33 Å². The van der Waals surface area contributed by atoms with Gasteiger partial charge in [-0.15, -0.1) is 0 Å². The minimum absolute atomic E-state index is 0.0218. The molecule has 0 bridgehead atoms. The molecule has 1 aromatic rings. The summed E-state index contributed by atoms with van der Waals surface area (Å²) in [7, 11) is 0. The van der Waals surface area contributed by atoms with Gasteiger partial charge in [-0.05, 0) is 6.92 Å². The molecule has 100 valence electrons. The van der Waals surface area contributed by atoms with Crippen molar-refractivity contribution in [3.63, 3.8) is 0 Å². The molecule has 2 atom stereocenters. The van der Waals surface area contributed by atoms with Crippen LogP contribution in [-0.2, 0) is 17.8 Å². The third-order valence-corrected chi connectivity index (χ3v) is 3.03. The van der Waals surface area contributed by atoms with Gasteiger partial charge in [-0.3, -0.25) is 10.1 Å². The minimum atomic E-state index is -1.29. The predicted octanol–water partition coefficient (Wildman–Crippen LogP) is -1.72. The van der Waals surface area contributed by atoms with Crippen LogP contribution < -0.4 is 10.6 Å². The molecule has 1 aromatic heterocycles. The zero-order valence-corrected chi connectivity index (χ0v) is 10.2. The lowest BCUT2D eigenvalue weighted by molar-refractivity contribution is -0.124. The molecule has 0 aliphatic carbocycles. The summed E-state index contributed by atoms with van der Waals surface area (Å²) in [5.41, 5.74) is 0.603. The molecule has 7 nitrogen and oxygen atoms in total. The normalized spacial score (nSPS) is 22.1. The van der Waals surface area contributed by atoms with Crippen LogP contribution in [0.1, 0.15) is 18.3 Å². The van der Waals surface area contributed by atoms with Gasteiger partial charge in [0.25, 0.3) is 0 Å². The minimum Gasteiger partial charge on any atom is -0.393 e. The van der Waals surface area contributed by atoms with Gasteiger partial charge in [0.15, 0.2) is 0 Å². The van der Waals surface area contributed by atoms with Gasteiger partial charge in [-0.1, -0.05) is 0 Å². The van der Waals surface area contributed by atoms with E-state index in [-0.39, 0.29) is 18.5 Å². The number of aromatic amines is 1. The number of imidazole rings is 1. The number of hydrogen-bond acceptors (Lipinski definition) is 5. The molecule has 0 radical (unpaired) electrons. The molecular formula is C11H18N4O3. The van der Waals surface area contributed by atoms with Gasteiger partial charge in [-0.25, -0.2) is 4.98 Å². The topological polar surface area (TPSA) is 110 Å². The lowest BCUT2D eigenvalue weighted by Crippen LogP contribution is -2.51. The first-order valence-corrected chi connectivity index (χ1v) is 5.87. The number of fused-ring (bicyclic) bond motifs is 1.